The molecular formula is C13H20N2. The van der Waals surface area contributed by atoms with Gasteiger partial charge in [-0.05, 0) is 38.0 Å². The zero-order valence-corrected chi connectivity index (χ0v) is 9.37. The first-order valence-electron chi connectivity index (χ1n) is 5.82. The third-order valence-corrected chi connectivity index (χ3v) is 3.32. The average molecular weight is 204 g/mol. The molecule has 0 bridgehead atoms. The molecule has 2 rings (SSSR count). The lowest BCUT2D eigenvalue weighted by Gasteiger charge is -2.23. The minimum absolute atomic E-state index is 0.659. The highest BCUT2D eigenvalue weighted by molar-refractivity contribution is 5.21. The molecule has 0 amide bonds. The van der Waals surface area contributed by atoms with Crippen molar-refractivity contribution in [1.82, 2.24) is 10.6 Å². The molecule has 0 saturated carbocycles. The Labute approximate surface area is 92.1 Å². The summed E-state index contributed by atoms with van der Waals surface area (Å²) in [6.07, 6.45) is 1.31. The van der Waals surface area contributed by atoms with Gasteiger partial charge in [0.2, 0.25) is 0 Å². The van der Waals surface area contributed by atoms with Crippen molar-refractivity contribution in [3.63, 3.8) is 0 Å². The fourth-order valence-corrected chi connectivity index (χ4v) is 2.50. The Kier molecular flexibility index (Phi) is 3.75. The quantitative estimate of drug-likeness (QED) is 0.778. The SMILES string of the molecule is CNCC(c1ccccc1)C1CCNC1. The monoisotopic (exact) mass is 204 g/mol. The van der Waals surface area contributed by atoms with Crippen molar-refractivity contribution in [2.75, 3.05) is 26.7 Å². The molecule has 2 N–H and O–H groups in total. The summed E-state index contributed by atoms with van der Waals surface area (Å²) in [5, 5.41) is 6.77. The smallest absolute Gasteiger partial charge is 0.00203 e. The molecule has 0 aliphatic carbocycles. The molecule has 0 aromatic heterocycles. The number of likely N-dealkylation sites (N-methyl/N-ethyl adjacent to an activating group) is 1. The molecule has 1 aliphatic rings. The van der Waals surface area contributed by atoms with Crippen LogP contribution in [0.5, 0.6) is 0 Å². The molecule has 0 spiro atoms. The van der Waals surface area contributed by atoms with Crippen LogP contribution in [0.4, 0.5) is 0 Å². The predicted octanol–water partition coefficient (Wildman–Crippen LogP) is 1.60. The fourth-order valence-electron chi connectivity index (χ4n) is 2.50. The van der Waals surface area contributed by atoms with Crippen LogP contribution in [0.3, 0.4) is 0 Å². The third kappa shape index (κ3) is 2.58. The molecule has 2 unspecified atom stereocenters. The van der Waals surface area contributed by atoms with Gasteiger partial charge in [0.25, 0.3) is 0 Å². The highest BCUT2D eigenvalue weighted by Gasteiger charge is 2.25. The van der Waals surface area contributed by atoms with E-state index in [2.05, 4.69) is 41.0 Å². The van der Waals surface area contributed by atoms with Gasteiger partial charge in [-0.15, -0.1) is 0 Å². The fraction of sp³-hybridized carbons (Fsp3) is 0.538. The van der Waals surface area contributed by atoms with Gasteiger partial charge >= 0.3 is 0 Å². The maximum absolute atomic E-state index is 3.45. The molecule has 15 heavy (non-hydrogen) atoms. The second-order valence-electron chi connectivity index (χ2n) is 4.33. The summed E-state index contributed by atoms with van der Waals surface area (Å²) in [5.41, 5.74) is 1.47. The maximum Gasteiger partial charge on any atom is 0.00203 e. The van der Waals surface area contributed by atoms with E-state index in [1.54, 1.807) is 0 Å². The van der Waals surface area contributed by atoms with Crippen molar-refractivity contribution in [2.45, 2.75) is 12.3 Å². The van der Waals surface area contributed by atoms with E-state index < -0.39 is 0 Å². The molecule has 1 saturated heterocycles. The van der Waals surface area contributed by atoms with E-state index in [1.165, 1.54) is 25.1 Å². The molecule has 1 fully saturated rings. The Bertz CT molecular complexity index is 278. The summed E-state index contributed by atoms with van der Waals surface area (Å²) in [6, 6.07) is 10.9. The van der Waals surface area contributed by atoms with Gasteiger partial charge in [-0.3, -0.25) is 0 Å². The van der Waals surface area contributed by atoms with Crippen LogP contribution in [0.2, 0.25) is 0 Å². The summed E-state index contributed by atoms with van der Waals surface area (Å²) >= 11 is 0. The van der Waals surface area contributed by atoms with Crippen LogP contribution < -0.4 is 10.6 Å². The van der Waals surface area contributed by atoms with Gasteiger partial charge in [0.15, 0.2) is 0 Å². The van der Waals surface area contributed by atoms with E-state index >= 15 is 0 Å². The Balaban J connectivity index is 2.11. The topological polar surface area (TPSA) is 24.1 Å². The first kappa shape index (κ1) is 10.7. The minimum atomic E-state index is 0.659. The highest BCUT2D eigenvalue weighted by atomic mass is 14.9. The predicted molar refractivity (Wildman–Crippen MR) is 64.1 cm³/mol. The van der Waals surface area contributed by atoms with E-state index in [9.17, 15) is 0 Å². The van der Waals surface area contributed by atoms with Crippen LogP contribution in [-0.2, 0) is 0 Å². The van der Waals surface area contributed by atoms with Crippen LogP contribution in [-0.4, -0.2) is 26.7 Å². The van der Waals surface area contributed by atoms with E-state index in [0.717, 1.165) is 12.5 Å². The Morgan fingerprint density at radius 3 is 2.80 bits per heavy atom. The zero-order valence-electron chi connectivity index (χ0n) is 9.37. The summed E-state index contributed by atoms with van der Waals surface area (Å²) in [6.45, 7) is 3.43. The van der Waals surface area contributed by atoms with Gasteiger partial charge < -0.3 is 10.6 Å². The van der Waals surface area contributed by atoms with Crippen molar-refractivity contribution in [3.05, 3.63) is 35.9 Å². The molecule has 1 aromatic carbocycles. The number of hydrogen-bond donors (Lipinski definition) is 2. The van der Waals surface area contributed by atoms with Gasteiger partial charge in [0, 0.05) is 12.5 Å². The normalized spacial score (nSPS) is 22.9. The number of benzene rings is 1. The number of rotatable bonds is 4. The molecule has 1 aliphatic heterocycles. The summed E-state index contributed by atoms with van der Waals surface area (Å²) in [4.78, 5) is 0. The average Bonchev–Trinajstić information content (AvgIpc) is 2.80. The summed E-state index contributed by atoms with van der Waals surface area (Å²) < 4.78 is 0. The lowest BCUT2D eigenvalue weighted by atomic mass is 9.85. The van der Waals surface area contributed by atoms with Gasteiger partial charge in [-0.1, -0.05) is 30.3 Å². The molecule has 0 radical (unpaired) electrons. The van der Waals surface area contributed by atoms with Crippen molar-refractivity contribution in [1.29, 1.82) is 0 Å². The standard InChI is InChI=1S/C13H20N2/c1-14-10-13(12-7-8-15-9-12)11-5-3-2-4-6-11/h2-6,12-15H,7-10H2,1H3. The van der Waals surface area contributed by atoms with E-state index in [4.69, 9.17) is 0 Å². The van der Waals surface area contributed by atoms with Gasteiger partial charge in [-0.25, -0.2) is 0 Å². The molecule has 2 heteroatoms. The van der Waals surface area contributed by atoms with Crippen LogP contribution in [0, 0.1) is 5.92 Å². The second-order valence-corrected chi connectivity index (χ2v) is 4.33. The summed E-state index contributed by atoms with van der Waals surface area (Å²) in [7, 11) is 2.04. The van der Waals surface area contributed by atoms with Crippen LogP contribution >= 0.6 is 0 Å². The first-order valence-corrected chi connectivity index (χ1v) is 5.82. The van der Waals surface area contributed by atoms with Crippen molar-refractivity contribution >= 4 is 0 Å². The molecule has 1 heterocycles. The number of nitrogens with one attached hydrogen (secondary N) is 2. The van der Waals surface area contributed by atoms with Crippen molar-refractivity contribution in [2.24, 2.45) is 5.92 Å². The lowest BCUT2D eigenvalue weighted by molar-refractivity contribution is 0.443. The summed E-state index contributed by atoms with van der Waals surface area (Å²) in [5.74, 6) is 1.45. The zero-order chi connectivity index (χ0) is 10.5. The van der Waals surface area contributed by atoms with Gasteiger partial charge in [-0.2, -0.15) is 0 Å². The third-order valence-electron chi connectivity index (χ3n) is 3.32. The maximum atomic E-state index is 3.45. The Hall–Kier alpha value is -0.860. The Morgan fingerprint density at radius 1 is 1.40 bits per heavy atom. The van der Waals surface area contributed by atoms with Crippen LogP contribution in [0.25, 0.3) is 0 Å². The molecule has 82 valence electrons. The van der Waals surface area contributed by atoms with E-state index in [-0.39, 0.29) is 0 Å². The van der Waals surface area contributed by atoms with E-state index in [1.807, 2.05) is 7.05 Å². The molecule has 2 atom stereocenters. The Morgan fingerprint density at radius 2 is 2.20 bits per heavy atom. The molecular weight excluding hydrogens is 184 g/mol. The van der Waals surface area contributed by atoms with Crippen molar-refractivity contribution in [3.8, 4) is 0 Å². The van der Waals surface area contributed by atoms with Crippen molar-refractivity contribution < 1.29 is 0 Å². The largest absolute Gasteiger partial charge is 0.319 e. The molecule has 1 aromatic rings. The van der Waals surface area contributed by atoms with Gasteiger partial charge in [0.1, 0.15) is 0 Å². The number of hydrogen-bond acceptors (Lipinski definition) is 2. The van der Waals surface area contributed by atoms with Crippen LogP contribution in [0.15, 0.2) is 30.3 Å². The highest BCUT2D eigenvalue weighted by Crippen LogP contribution is 2.28. The van der Waals surface area contributed by atoms with Gasteiger partial charge in [0.05, 0.1) is 0 Å². The first-order chi connectivity index (χ1) is 7.42. The van der Waals surface area contributed by atoms with E-state index in [0.29, 0.717) is 5.92 Å². The minimum Gasteiger partial charge on any atom is -0.319 e. The van der Waals surface area contributed by atoms with Crippen LogP contribution in [0.1, 0.15) is 17.9 Å². The molecule has 2 nitrogen and oxygen atoms in total. The lowest BCUT2D eigenvalue weighted by Crippen LogP contribution is -2.25. The second kappa shape index (κ2) is 5.29.